The minimum atomic E-state index is -0.974. The minimum absolute atomic E-state index is 0.0188. The highest BCUT2D eigenvalue weighted by Gasteiger charge is 2.53. The Morgan fingerprint density at radius 3 is 2.19 bits per heavy atom. The van der Waals surface area contributed by atoms with Crippen LogP contribution in [-0.2, 0) is 25.5 Å². The van der Waals surface area contributed by atoms with Gasteiger partial charge >= 0.3 is 12.1 Å². The van der Waals surface area contributed by atoms with Gasteiger partial charge in [0.25, 0.3) is 0 Å². The predicted octanol–water partition coefficient (Wildman–Crippen LogP) is 6.72. The maximum Gasteiger partial charge on any atom is 0.417 e. The van der Waals surface area contributed by atoms with E-state index in [2.05, 4.69) is 15.9 Å². The van der Waals surface area contributed by atoms with Crippen LogP contribution >= 0.6 is 15.9 Å². The highest BCUT2D eigenvalue weighted by molar-refractivity contribution is 9.10. The van der Waals surface area contributed by atoms with Crippen LogP contribution < -0.4 is 0 Å². The lowest BCUT2D eigenvalue weighted by Gasteiger charge is -2.33. The van der Waals surface area contributed by atoms with Gasteiger partial charge in [-0.05, 0) is 61.5 Å². The van der Waals surface area contributed by atoms with E-state index in [1.54, 1.807) is 26.8 Å². The van der Waals surface area contributed by atoms with Gasteiger partial charge in [-0.15, -0.1) is 0 Å². The molecule has 210 valence electrons. The van der Waals surface area contributed by atoms with Crippen LogP contribution in [0.15, 0.2) is 15.0 Å². The van der Waals surface area contributed by atoms with Crippen molar-refractivity contribution in [2.75, 3.05) is 6.61 Å². The molecule has 0 radical (unpaired) electrons. The molecule has 1 saturated heterocycles. The summed E-state index contributed by atoms with van der Waals surface area (Å²) >= 11 is 3.55. The lowest BCUT2D eigenvalue weighted by Crippen LogP contribution is -2.50. The monoisotopic (exact) mass is 585 g/mol. The molecule has 1 aliphatic rings. The number of hydrogen-bond donors (Lipinski definition) is 1. The summed E-state index contributed by atoms with van der Waals surface area (Å²) in [6.07, 6.45) is 7.73. The number of unbranched alkanes of at least 4 members (excludes halogenated alkanes) is 7. The SMILES string of the molecule is CC(=O)O[C@H](c1cc(Br)c(CCCCCCCCCCO)o1)[C@H](C)C(=O)N1C(=O)OC(C)(C)[C@@H]1C(C)C. The molecule has 2 rings (SSSR count). The number of rotatable bonds is 15. The van der Waals surface area contributed by atoms with Crippen LogP contribution in [0, 0.1) is 11.8 Å². The minimum Gasteiger partial charge on any atom is -0.461 e. The van der Waals surface area contributed by atoms with Gasteiger partial charge in [0.2, 0.25) is 5.91 Å². The van der Waals surface area contributed by atoms with Gasteiger partial charge in [0.15, 0.2) is 6.10 Å². The lowest BCUT2D eigenvalue weighted by atomic mass is 9.88. The molecular formula is C28H44BrNO7. The Balaban J connectivity index is 2.07. The quantitative estimate of drug-likeness (QED) is 0.180. The maximum absolute atomic E-state index is 13.6. The second kappa shape index (κ2) is 14.3. The highest BCUT2D eigenvalue weighted by atomic mass is 79.9. The third-order valence-electron chi connectivity index (χ3n) is 6.91. The molecule has 1 aliphatic heterocycles. The number of aliphatic hydroxyl groups excluding tert-OH is 1. The molecule has 3 atom stereocenters. The van der Waals surface area contributed by atoms with Crippen LogP contribution in [-0.4, -0.2) is 46.2 Å². The van der Waals surface area contributed by atoms with E-state index in [9.17, 15) is 14.4 Å². The Morgan fingerprint density at radius 1 is 1.08 bits per heavy atom. The number of carbonyl (C=O) groups excluding carboxylic acids is 3. The first kappa shape index (κ1) is 31.3. The number of halogens is 1. The molecule has 1 aromatic rings. The highest BCUT2D eigenvalue weighted by Crippen LogP contribution is 2.39. The average molecular weight is 587 g/mol. The van der Waals surface area contributed by atoms with Gasteiger partial charge in [-0.2, -0.15) is 0 Å². The molecule has 8 nitrogen and oxygen atoms in total. The van der Waals surface area contributed by atoms with Gasteiger partial charge in [0, 0.05) is 20.0 Å². The normalized spacial score (nSPS) is 18.7. The molecule has 1 fully saturated rings. The first-order valence-corrected chi connectivity index (χ1v) is 14.3. The van der Waals surface area contributed by atoms with E-state index in [1.807, 2.05) is 13.8 Å². The number of amides is 2. The Hall–Kier alpha value is -1.87. The molecule has 0 aromatic carbocycles. The largest absolute Gasteiger partial charge is 0.461 e. The molecule has 37 heavy (non-hydrogen) atoms. The number of aliphatic hydroxyl groups is 1. The van der Waals surface area contributed by atoms with E-state index < -0.39 is 41.6 Å². The van der Waals surface area contributed by atoms with Gasteiger partial charge in [-0.25, -0.2) is 9.69 Å². The zero-order valence-electron chi connectivity index (χ0n) is 23.2. The molecule has 2 heterocycles. The summed E-state index contributed by atoms with van der Waals surface area (Å²) in [6.45, 7) is 10.7. The van der Waals surface area contributed by atoms with Crippen molar-refractivity contribution < 1.29 is 33.4 Å². The zero-order chi connectivity index (χ0) is 27.8. The van der Waals surface area contributed by atoms with Gasteiger partial charge in [-0.1, -0.05) is 52.4 Å². The fraction of sp³-hybridized carbons (Fsp3) is 0.750. The van der Waals surface area contributed by atoms with Crippen molar-refractivity contribution >= 4 is 33.9 Å². The molecule has 0 aliphatic carbocycles. The number of cyclic esters (lactones) is 1. The van der Waals surface area contributed by atoms with E-state index in [1.165, 1.54) is 24.7 Å². The van der Waals surface area contributed by atoms with Crippen LogP contribution in [0.25, 0.3) is 0 Å². The van der Waals surface area contributed by atoms with E-state index in [4.69, 9.17) is 19.0 Å². The third kappa shape index (κ3) is 8.57. The molecule has 0 saturated carbocycles. The fourth-order valence-electron chi connectivity index (χ4n) is 5.22. The summed E-state index contributed by atoms with van der Waals surface area (Å²) in [4.78, 5) is 39.4. The Labute approximate surface area is 229 Å². The molecule has 1 aromatic heterocycles. The van der Waals surface area contributed by atoms with Crippen molar-refractivity contribution in [2.45, 2.75) is 117 Å². The molecule has 0 bridgehead atoms. The van der Waals surface area contributed by atoms with Crippen LogP contribution in [0.1, 0.15) is 111 Å². The molecule has 1 N–H and O–H groups in total. The van der Waals surface area contributed by atoms with Crippen LogP contribution in [0.4, 0.5) is 4.79 Å². The summed E-state index contributed by atoms with van der Waals surface area (Å²) in [5.74, 6) is -0.764. The average Bonchev–Trinajstić information content (AvgIpc) is 3.29. The number of hydrogen-bond acceptors (Lipinski definition) is 7. The third-order valence-corrected chi connectivity index (χ3v) is 7.58. The van der Waals surface area contributed by atoms with E-state index in [-0.39, 0.29) is 12.5 Å². The van der Waals surface area contributed by atoms with Crippen molar-refractivity contribution in [2.24, 2.45) is 11.8 Å². The molecule has 0 unspecified atom stereocenters. The maximum atomic E-state index is 13.6. The standard InChI is InChI=1S/C28H44BrNO7/c1-18(2)25-28(5,6)37-27(34)30(25)26(33)19(3)24(35-20(4)32)23-17-21(29)22(36-23)15-13-11-9-7-8-10-12-14-16-31/h17-19,24-25,31H,7-16H2,1-6H3/t19-,24-,25-/m0/s1. The zero-order valence-corrected chi connectivity index (χ0v) is 24.8. The summed E-state index contributed by atoms with van der Waals surface area (Å²) in [6, 6.07) is 1.31. The number of carbonyl (C=O) groups is 3. The lowest BCUT2D eigenvalue weighted by molar-refractivity contribution is -0.155. The smallest absolute Gasteiger partial charge is 0.417 e. The first-order valence-electron chi connectivity index (χ1n) is 13.5. The first-order chi connectivity index (χ1) is 17.4. The predicted molar refractivity (Wildman–Crippen MR) is 144 cm³/mol. The van der Waals surface area contributed by atoms with Gasteiger partial charge in [-0.3, -0.25) is 9.59 Å². The van der Waals surface area contributed by atoms with Crippen molar-refractivity contribution in [3.63, 3.8) is 0 Å². The second-order valence-electron chi connectivity index (χ2n) is 10.9. The van der Waals surface area contributed by atoms with Crippen LogP contribution in [0.2, 0.25) is 0 Å². The van der Waals surface area contributed by atoms with E-state index in [0.717, 1.165) is 55.2 Å². The van der Waals surface area contributed by atoms with E-state index in [0.29, 0.717) is 5.76 Å². The van der Waals surface area contributed by atoms with E-state index >= 15 is 0 Å². The number of imide groups is 1. The number of esters is 1. The summed E-state index contributed by atoms with van der Waals surface area (Å²) in [5, 5.41) is 8.84. The number of aryl methyl sites for hydroxylation is 1. The van der Waals surface area contributed by atoms with Crippen molar-refractivity contribution in [3.05, 3.63) is 22.1 Å². The van der Waals surface area contributed by atoms with Gasteiger partial charge in [0.05, 0.1) is 16.4 Å². The van der Waals surface area contributed by atoms with Crippen molar-refractivity contribution in [1.29, 1.82) is 0 Å². The second-order valence-corrected chi connectivity index (χ2v) is 11.8. The summed E-state index contributed by atoms with van der Waals surface area (Å²) in [7, 11) is 0. The molecule has 9 heteroatoms. The summed E-state index contributed by atoms with van der Waals surface area (Å²) < 4.78 is 17.9. The van der Waals surface area contributed by atoms with Crippen molar-refractivity contribution in [3.8, 4) is 0 Å². The Kier molecular flexibility index (Phi) is 12.1. The molecule has 0 spiro atoms. The van der Waals surface area contributed by atoms with Gasteiger partial charge in [0.1, 0.15) is 17.1 Å². The topological polar surface area (TPSA) is 106 Å². The number of furan rings is 1. The Bertz CT molecular complexity index is 910. The van der Waals surface area contributed by atoms with Crippen molar-refractivity contribution in [1.82, 2.24) is 4.90 Å². The van der Waals surface area contributed by atoms with Gasteiger partial charge < -0.3 is 19.0 Å². The number of nitrogens with zero attached hydrogens (tertiary/aromatic N) is 1. The van der Waals surface area contributed by atoms with Crippen LogP contribution in [0.5, 0.6) is 0 Å². The van der Waals surface area contributed by atoms with Crippen LogP contribution in [0.3, 0.4) is 0 Å². The molecular weight excluding hydrogens is 542 g/mol. The fourth-order valence-corrected chi connectivity index (χ4v) is 5.72. The molecule has 2 amide bonds. The summed E-state index contributed by atoms with van der Waals surface area (Å²) in [5.41, 5.74) is -0.822. The Morgan fingerprint density at radius 2 is 1.65 bits per heavy atom. The number of ether oxygens (including phenoxy) is 2.